The van der Waals surface area contributed by atoms with Crippen molar-refractivity contribution in [2.45, 2.75) is 24.3 Å². The Kier molecular flexibility index (Phi) is 7.24. The lowest BCUT2D eigenvalue weighted by molar-refractivity contribution is 0.619. The van der Waals surface area contributed by atoms with Gasteiger partial charge in [-0.05, 0) is 6.42 Å². The molecule has 15 heavy (non-hydrogen) atoms. The molecule has 0 saturated carbocycles. The van der Waals surface area contributed by atoms with Crippen LogP contribution in [-0.4, -0.2) is 23.7 Å². The highest BCUT2D eigenvalue weighted by molar-refractivity contribution is 6.77. The topological polar surface area (TPSA) is 0 Å². The van der Waals surface area contributed by atoms with E-state index in [0.29, 0.717) is 0 Å². The van der Waals surface area contributed by atoms with Gasteiger partial charge in [-0.2, -0.15) is 0 Å². The fraction of sp³-hybridized carbons (Fsp3) is 1.00. The summed E-state index contributed by atoms with van der Waals surface area (Å²) in [6.45, 7) is 0. The van der Waals surface area contributed by atoms with Crippen molar-refractivity contribution in [1.82, 2.24) is 0 Å². The maximum absolute atomic E-state index is 5.89. The van der Waals surface area contributed by atoms with Gasteiger partial charge in [-0.15, -0.1) is 23.2 Å². The average molecular weight is 396 g/mol. The number of halogens is 9. The highest BCUT2D eigenvalue weighted by atomic mass is 35.6. The summed E-state index contributed by atoms with van der Waals surface area (Å²) < 4.78 is -5.45. The average Bonchev–Trinajstić information content (AvgIpc) is 2.00. The molecule has 0 spiro atoms. The van der Waals surface area contributed by atoms with Crippen molar-refractivity contribution >= 4 is 104 Å². The highest BCUT2D eigenvalue weighted by Crippen LogP contribution is 2.54. The van der Waals surface area contributed by atoms with Crippen molar-refractivity contribution in [1.29, 1.82) is 0 Å². The van der Waals surface area contributed by atoms with Crippen LogP contribution in [0.5, 0.6) is 0 Å². The van der Waals surface area contributed by atoms with Crippen LogP contribution in [0.25, 0.3) is 0 Å². The molecule has 0 heterocycles. The molecule has 0 amide bonds. The van der Waals surface area contributed by atoms with E-state index in [1.54, 1.807) is 0 Å². The van der Waals surface area contributed by atoms with Crippen LogP contribution < -0.4 is 0 Å². The first-order valence-corrected chi connectivity index (χ1v) is 7.11. The van der Waals surface area contributed by atoms with E-state index in [-0.39, 0.29) is 12.3 Å². The molecule has 0 aliphatic heterocycles. The molecule has 0 aromatic carbocycles. The first-order valence-electron chi connectivity index (χ1n) is 3.49. The van der Waals surface area contributed by atoms with E-state index in [2.05, 4.69) is 0 Å². The zero-order valence-electron chi connectivity index (χ0n) is 6.89. The van der Waals surface area contributed by atoms with Crippen molar-refractivity contribution < 1.29 is 0 Å². The third kappa shape index (κ3) is 4.65. The maximum Gasteiger partial charge on any atom is 0.224 e. The first kappa shape index (κ1) is 17.6. The fourth-order valence-corrected chi connectivity index (χ4v) is 3.03. The van der Waals surface area contributed by atoms with Crippen molar-refractivity contribution in [3.05, 3.63) is 0 Å². The van der Waals surface area contributed by atoms with Crippen LogP contribution in [-0.2, 0) is 0 Å². The van der Waals surface area contributed by atoms with Crippen LogP contribution in [0.3, 0.4) is 0 Å². The van der Waals surface area contributed by atoms with E-state index in [9.17, 15) is 0 Å². The van der Waals surface area contributed by atoms with E-state index < -0.39 is 17.8 Å². The summed E-state index contributed by atoms with van der Waals surface area (Å²) in [5.41, 5.74) is 0. The smallest absolute Gasteiger partial charge is 0.127 e. The number of hydrogen-bond acceptors (Lipinski definition) is 0. The Morgan fingerprint density at radius 1 is 0.867 bits per heavy atom. The number of rotatable bonds is 4. The minimum absolute atomic E-state index is 0.147. The van der Waals surface area contributed by atoms with Gasteiger partial charge in [-0.3, -0.25) is 0 Å². The third-order valence-corrected chi connectivity index (χ3v) is 6.12. The Labute approximate surface area is 133 Å². The Balaban J connectivity index is 4.91. The van der Waals surface area contributed by atoms with Gasteiger partial charge in [0.15, 0.2) is 4.33 Å². The van der Waals surface area contributed by atoms with Gasteiger partial charge in [-0.1, -0.05) is 81.2 Å². The predicted octanol–water partition coefficient (Wildman–Crippen LogP) is 5.94. The van der Waals surface area contributed by atoms with Crippen molar-refractivity contribution in [2.24, 2.45) is 0 Å². The van der Waals surface area contributed by atoms with Crippen LogP contribution in [0.2, 0.25) is 0 Å². The van der Waals surface area contributed by atoms with Gasteiger partial charge in [-0.25, -0.2) is 0 Å². The van der Waals surface area contributed by atoms with Crippen LogP contribution in [0, 0.1) is 0 Å². The molecule has 0 nitrogen and oxygen atoms in total. The molecule has 0 rings (SSSR count). The molecule has 0 aliphatic carbocycles. The summed E-state index contributed by atoms with van der Waals surface area (Å²) in [5, 5.41) is -1.21. The van der Waals surface area contributed by atoms with Gasteiger partial charge in [0.1, 0.15) is 9.71 Å². The monoisotopic (exact) mass is 392 g/mol. The van der Waals surface area contributed by atoms with Crippen LogP contribution in [0.15, 0.2) is 0 Å². The zero-order chi connectivity index (χ0) is 12.5. The molecule has 0 aromatic rings. The minimum atomic E-state index is -2.02. The second-order valence-corrected chi connectivity index (χ2v) is 8.71. The summed E-state index contributed by atoms with van der Waals surface area (Å²) in [6.07, 6.45) is 0.147. The molecule has 1 unspecified atom stereocenters. The van der Waals surface area contributed by atoms with Gasteiger partial charge < -0.3 is 0 Å². The quantitative estimate of drug-likeness (QED) is 0.516. The Morgan fingerprint density at radius 2 is 1.27 bits per heavy atom. The lowest BCUT2D eigenvalue weighted by Gasteiger charge is -2.37. The Morgan fingerprint density at radius 3 is 1.53 bits per heavy atom. The summed E-state index contributed by atoms with van der Waals surface area (Å²) in [7, 11) is 0. The lowest BCUT2D eigenvalue weighted by atomic mass is 10.2. The third-order valence-electron chi connectivity index (χ3n) is 1.49. The molecule has 0 bridgehead atoms. The second kappa shape index (κ2) is 6.17. The van der Waals surface area contributed by atoms with Gasteiger partial charge in [0.05, 0.1) is 0 Å². The normalized spacial score (nSPS) is 16.6. The molecule has 1 atom stereocenters. The van der Waals surface area contributed by atoms with Gasteiger partial charge >= 0.3 is 0 Å². The van der Waals surface area contributed by atoms with Crippen LogP contribution >= 0.6 is 104 Å². The van der Waals surface area contributed by atoms with E-state index in [0.717, 1.165) is 0 Å². The van der Waals surface area contributed by atoms with Crippen molar-refractivity contribution in [3.63, 3.8) is 0 Å². The Hall–Kier alpha value is 2.61. The first-order chi connectivity index (χ1) is 6.47. The molecule has 9 heteroatoms. The molecule has 0 aliphatic rings. The maximum atomic E-state index is 5.89. The van der Waals surface area contributed by atoms with Crippen molar-refractivity contribution in [3.8, 4) is 0 Å². The summed E-state index contributed by atoms with van der Waals surface area (Å²) in [6, 6.07) is 0. The molecule has 0 radical (unpaired) electrons. The van der Waals surface area contributed by atoms with Gasteiger partial charge in [0.25, 0.3) is 0 Å². The van der Waals surface area contributed by atoms with Gasteiger partial charge in [0, 0.05) is 5.88 Å². The predicted molar refractivity (Wildman–Crippen MR) is 74.1 cm³/mol. The molecular formula is C6H5Cl9. The molecule has 92 valence electrons. The summed E-state index contributed by atoms with van der Waals surface area (Å²) in [5.74, 6) is 0.167. The molecule has 0 saturated heterocycles. The zero-order valence-corrected chi connectivity index (χ0v) is 13.7. The standard InChI is InChI=1S/C6H5Cl9/c7-2-1-4(9,10)3(8)5(11,12)6(13,14)15/h3H,1-2H2. The Bertz CT molecular complexity index is 205. The molecular weight excluding hydrogens is 391 g/mol. The summed E-state index contributed by atoms with van der Waals surface area (Å²) >= 11 is 51.4. The molecule has 0 fully saturated rings. The van der Waals surface area contributed by atoms with Crippen LogP contribution in [0.4, 0.5) is 0 Å². The van der Waals surface area contributed by atoms with E-state index in [1.165, 1.54) is 0 Å². The fourth-order valence-electron chi connectivity index (χ4n) is 0.662. The largest absolute Gasteiger partial charge is 0.224 e. The minimum Gasteiger partial charge on any atom is -0.127 e. The second-order valence-electron chi connectivity index (χ2n) is 2.68. The SMILES string of the molecule is ClCCC(Cl)(Cl)C(Cl)C(Cl)(Cl)C(Cl)(Cl)Cl. The highest BCUT2D eigenvalue weighted by Gasteiger charge is 2.57. The van der Waals surface area contributed by atoms with E-state index in [1.807, 2.05) is 0 Å². The summed E-state index contributed by atoms with van der Waals surface area (Å²) in [4.78, 5) is 0. The van der Waals surface area contributed by atoms with Crippen molar-refractivity contribution in [2.75, 3.05) is 5.88 Å². The van der Waals surface area contributed by atoms with Gasteiger partial charge in [0.2, 0.25) is 3.79 Å². The molecule has 0 N–H and O–H groups in total. The lowest BCUT2D eigenvalue weighted by Crippen LogP contribution is -2.48. The number of alkyl halides is 9. The number of hydrogen-bond donors (Lipinski definition) is 0. The van der Waals surface area contributed by atoms with Crippen LogP contribution in [0.1, 0.15) is 6.42 Å². The molecule has 0 aromatic heterocycles. The van der Waals surface area contributed by atoms with E-state index >= 15 is 0 Å². The van der Waals surface area contributed by atoms with E-state index in [4.69, 9.17) is 104 Å².